The first-order valence-corrected chi connectivity index (χ1v) is 13.1. The second-order valence-electron chi connectivity index (χ2n) is 9.38. The second kappa shape index (κ2) is 12.1. The third-order valence-electron chi connectivity index (χ3n) is 6.47. The highest BCUT2D eigenvalue weighted by molar-refractivity contribution is 5.93. The predicted molar refractivity (Wildman–Crippen MR) is 153 cm³/mol. The third kappa shape index (κ3) is 6.84. The summed E-state index contributed by atoms with van der Waals surface area (Å²) in [5.74, 6) is 1.16. The van der Waals surface area contributed by atoms with Gasteiger partial charge in [-0.15, -0.1) is 0 Å². The number of anilines is 2. The number of carbonyl (C=O) groups excluding carboxylic acids is 1. The zero-order valence-corrected chi connectivity index (χ0v) is 22.3. The highest BCUT2D eigenvalue weighted by Gasteiger charge is 2.30. The number of benzene rings is 3. The van der Waals surface area contributed by atoms with Crippen LogP contribution in [0.5, 0.6) is 0 Å². The smallest absolute Gasteiger partial charge is 0.416 e. The van der Waals surface area contributed by atoms with Crippen molar-refractivity contribution < 1.29 is 22.7 Å². The van der Waals surface area contributed by atoms with Gasteiger partial charge in [-0.3, -0.25) is 5.32 Å². The zero-order valence-electron chi connectivity index (χ0n) is 22.3. The molecule has 5 rings (SSSR count). The molecule has 2 heterocycles. The Morgan fingerprint density at radius 2 is 1.59 bits per heavy atom. The van der Waals surface area contributed by atoms with E-state index in [-0.39, 0.29) is 12.4 Å². The van der Waals surface area contributed by atoms with Crippen molar-refractivity contribution in [2.24, 2.45) is 0 Å². The number of amides is 1. The van der Waals surface area contributed by atoms with Crippen molar-refractivity contribution >= 4 is 28.8 Å². The molecule has 0 bridgehead atoms. The van der Waals surface area contributed by atoms with Crippen LogP contribution in [0.2, 0.25) is 0 Å². The van der Waals surface area contributed by atoms with Crippen LogP contribution in [0.15, 0.2) is 91.0 Å². The number of nitrogens with one attached hydrogen (secondary N) is 2. The van der Waals surface area contributed by atoms with Gasteiger partial charge in [0, 0.05) is 24.7 Å². The second-order valence-corrected chi connectivity index (χ2v) is 9.38. The molecule has 41 heavy (non-hydrogen) atoms. The van der Waals surface area contributed by atoms with Gasteiger partial charge in [0.1, 0.15) is 17.2 Å². The molecular weight excluding hydrogens is 531 g/mol. The molecule has 0 radical (unpaired) electrons. The van der Waals surface area contributed by atoms with E-state index in [1.165, 1.54) is 12.1 Å². The highest BCUT2D eigenvalue weighted by atomic mass is 19.4. The molecule has 0 aliphatic heterocycles. The van der Waals surface area contributed by atoms with Gasteiger partial charge in [-0.2, -0.15) is 13.2 Å². The molecule has 1 amide bonds. The highest BCUT2D eigenvalue weighted by Crippen LogP contribution is 2.33. The standard InChI is InChI=1S/C31H28F3N5O2/c1-2-41-30(40)37-26-19-25-27(38-28(35-25)23-13-15-24(16-14-23)31(32,33)34)29(36-26)39(20-22-11-7-4-8-12-22)18-17-21-9-5-3-6-10-21/h3-16,19H,2,17-18,20H2,1H3,(H,35,38)(H,36,37,40). The first-order chi connectivity index (χ1) is 19.8. The van der Waals surface area contributed by atoms with E-state index in [0.29, 0.717) is 41.3 Å². The fourth-order valence-corrected chi connectivity index (χ4v) is 4.48. The molecule has 210 valence electrons. The van der Waals surface area contributed by atoms with Crippen LogP contribution < -0.4 is 10.2 Å². The Kier molecular flexibility index (Phi) is 8.19. The van der Waals surface area contributed by atoms with Crippen LogP contribution in [0.25, 0.3) is 22.4 Å². The van der Waals surface area contributed by atoms with Gasteiger partial charge in [-0.05, 0) is 36.6 Å². The summed E-state index contributed by atoms with van der Waals surface area (Å²) >= 11 is 0. The Hall–Kier alpha value is -4.86. The van der Waals surface area contributed by atoms with E-state index in [1.807, 2.05) is 48.5 Å². The molecule has 0 spiro atoms. The molecule has 0 atom stereocenters. The number of rotatable bonds is 9. The summed E-state index contributed by atoms with van der Waals surface area (Å²) in [6.45, 7) is 3.01. The molecule has 0 fully saturated rings. The van der Waals surface area contributed by atoms with Crippen LogP contribution in [-0.2, 0) is 23.9 Å². The van der Waals surface area contributed by atoms with Gasteiger partial charge in [0.2, 0.25) is 0 Å². The Morgan fingerprint density at radius 1 is 0.927 bits per heavy atom. The number of fused-ring (bicyclic) bond motifs is 1. The van der Waals surface area contributed by atoms with E-state index in [0.717, 1.165) is 29.7 Å². The summed E-state index contributed by atoms with van der Waals surface area (Å²) in [5.41, 5.74) is 3.04. The summed E-state index contributed by atoms with van der Waals surface area (Å²) in [6, 6.07) is 26.4. The van der Waals surface area contributed by atoms with Crippen LogP contribution in [0, 0.1) is 0 Å². The first kappa shape index (κ1) is 27.7. The number of hydrogen-bond acceptors (Lipinski definition) is 5. The molecule has 10 heteroatoms. The van der Waals surface area contributed by atoms with Crippen molar-refractivity contribution in [1.29, 1.82) is 0 Å². The van der Waals surface area contributed by atoms with E-state index in [9.17, 15) is 18.0 Å². The lowest BCUT2D eigenvalue weighted by Gasteiger charge is -2.25. The van der Waals surface area contributed by atoms with Gasteiger partial charge >= 0.3 is 12.3 Å². The van der Waals surface area contributed by atoms with Crippen molar-refractivity contribution in [2.45, 2.75) is 26.1 Å². The first-order valence-electron chi connectivity index (χ1n) is 13.1. The number of aromatic nitrogens is 3. The molecule has 5 aromatic rings. The molecule has 0 saturated carbocycles. The van der Waals surface area contributed by atoms with Gasteiger partial charge in [0.15, 0.2) is 5.82 Å². The number of imidazole rings is 1. The van der Waals surface area contributed by atoms with Gasteiger partial charge in [0.05, 0.1) is 17.7 Å². The average molecular weight is 560 g/mol. The lowest BCUT2D eigenvalue weighted by molar-refractivity contribution is -0.137. The Balaban J connectivity index is 1.58. The zero-order chi connectivity index (χ0) is 28.8. The number of pyridine rings is 1. The largest absolute Gasteiger partial charge is 0.450 e. The van der Waals surface area contributed by atoms with Crippen LogP contribution in [-0.4, -0.2) is 34.2 Å². The van der Waals surface area contributed by atoms with Crippen LogP contribution in [0.4, 0.5) is 29.6 Å². The molecule has 2 N–H and O–H groups in total. The number of H-pyrrole nitrogens is 1. The summed E-state index contributed by atoms with van der Waals surface area (Å²) in [5, 5.41) is 2.67. The lowest BCUT2D eigenvalue weighted by Crippen LogP contribution is -2.27. The van der Waals surface area contributed by atoms with Crippen molar-refractivity contribution in [3.05, 3.63) is 108 Å². The molecule has 0 aliphatic rings. The quantitative estimate of drug-likeness (QED) is 0.196. The summed E-state index contributed by atoms with van der Waals surface area (Å²) in [6.07, 6.45) is -4.36. The fourth-order valence-electron chi connectivity index (χ4n) is 4.48. The van der Waals surface area contributed by atoms with Crippen molar-refractivity contribution in [3.63, 3.8) is 0 Å². The average Bonchev–Trinajstić information content (AvgIpc) is 3.40. The van der Waals surface area contributed by atoms with E-state index in [2.05, 4.69) is 27.3 Å². The topological polar surface area (TPSA) is 83.1 Å². The fraction of sp³-hybridized carbons (Fsp3) is 0.194. The monoisotopic (exact) mass is 559 g/mol. The minimum atomic E-state index is -4.44. The van der Waals surface area contributed by atoms with Crippen molar-refractivity contribution in [1.82, 2.24) is 15.0 Å². The molecule has 7 nitrogen and oxygen atoms in total. The number of ether oxygens (including phenoxy) is 1. The van der Waals surface area contributed by atoms with Gasteiger partial charge < -0.3 is 14.6 Å². The maximum absolute atomic E-state index is 13.1. The maximum Gasteiger partial charge on any atom is 0.416 e. The predicted octanol–water partition coefficient (Wildman–Crippen LogP) is 7.46. The van der Waals surface area contributed by atoms with Crippen LogP contribution in [0.3, 0.4) is 0 Å². The van der Waals surface area contributed by atoms with E-state index in [1.54, 1.807) is 13.0 Å². The molecule has 0 aliphatic carbocycles. The van der Waals surface area contributed by atoms with Gasteiger partial charge in [-0.25, -0.2) is 14.8 Å². The number of carbonyl (C=O) groups is 1. The minimum absolute atomic E-state index is 0.195. The summed E-state index contributed by atoms with van der Waals surface area (Å²) in [7, 11) is 0. The number of aromatic amines is 1. The Labute approximate surface area is 235 Å². The molecule has 2 aromatic heterocycles. The third-order valence-corrected chi connectivity index (χ3v) is 6.47. The number of hydrogen-bond donors (Lipinski definition) is 2. The van der Waals surface area contributed by atoms with Gasteiger partial charge in [-0.1, -0.05) is 72.8 Å². The van der Waals surface area contributed by atoms with E-state index in [4.69, 9.17) is 14.7 Å². The number of alkyl halides is 3. The molecule has 0 saturated heterocycles. The number of halogens is 3. The maximum atomic E-state index is 13.1. The van der Waals surface area contributed by atoms with Crippen molar-refractivity contribution in [2.75, 3.05) is 23.4 Å². The molecular formula is C31H28F3N5O2. The van der Waals surface area contributed by atoms with Crippen LogP contribution in [0.1, 0.15) is 23.6 Å². The molecule has 3 aromatic carbocycles. The summed E-state index contributed by atoms with van der Waals surface area (Å²) < 4.78 is 44.4. The number of nitrogens with zero attached hydrogens (tertiary/aromatic N) is 3. The SMILES string of the molecule is CCOC(=O)Nc1cc2[nH]c(-c3ccc(C(F)(F)F)cc3)nc2c(N(CCc2ccccc2)Cc2ccccc2)n1. The normalized spacial score (nSPS) is 11.4. The lowest BCUT2D eigenvalue weighted by atomic mass is 10.1. The van der Waals surface area contributed by atoms with Crippen LogP contribution >= 0.6 is 0 Å². The minimum Gasteiger partial charge on any atom is -0.450 e. The van der Waals surface area contributed by atoms with E-state index >= 15 is 0 Å². The summed E-state index contributed by atoms with van der Waals surface area (Å²) in [4.78, 5) is 27.1. The Morgan fingerprint density at radius 3 is 2.22 bits per heavy atom. The van der Waals surface area contributed by atoms with E-state index < -0.39 is 17.8 Å². The molecule has 0 unspecified atom stereocenters. The Bertz CT molecular complexity index is 1600. The van der Waals surface area contributed by atoms with Gasteiger partial charge in [0.25, 0.3) is 0 Å². The van der Waals surface area contributed by atoms with Crippen molar-refractivity contribution in [3.8, 4) is 11.4 Å².